The third-order valence-electron chi connectivity index (χ3n) is 10.4. The van der Waals surface area contributed by atoms with Gasteiger partial charge in [0.2, 0.25) is 11.8 Å². The fraction of sp³-hybridized carbons (Fsp3) is 0.553. The molecule has 0 spiro atoms. The lowest BCUT2D eigenvalue weighted by Gasteiger charge is -2.29. The molecule has 0 bridgehead atoms. The summed E-state index contributed by atoms with van der Waals surface area (Å²) in [7, 11) is 1.50. The minimum absolute atomic E-state index is 0.0378. The predicted octanol–water partition coefficient (Wildman–Crippen LogP) is 4.07. The highest BCUT2D eigenvalue weighted by molar-refractivity contribution is 6.33. The van der Waals surface area contributed by atoms with Gasteiger partial charge < -0.3 is 40.0 Å². The molecular formula is C38H46N6O9. The number of carbonyl (C=O) groups excluding carboxylic acids is 5. The number of ketones is 1. The monoisotopic (exact) mass is 730 g/mol. The molecule has 2 aliphatic carbocycles. The maximum Gasteiger partial charge on any atom is 0.408 e. The SMILES string of the molecule is CCOC(=O)[C@@]12C[C@H]1/C=C\CCCCC[C@H](NC(=O)OC1CCCC1)C(=O)N1C[C@H](Oc3cc(C(=O)C=[N+]=[N-])nc4cc(OC)ccc34)C[C@H]1C(=O)N2. The van der Waals surface area contributed by atoms with Crippen LogP contribution >= 0.6 is 0 Å². The fourth-order valence-corrected chi connectivity index (χ4v) is 7.55. The maximum atomic E-state index is 14.5. The van der Waals surface area contributed by atoms with Crippen LogP contribution in [0.2, 0.25) is 0 Å². The topological polar surface area (TPSA) is 199 Å². The number of Topliss-reactive ketones (excluding diaryl/α,β-unsaturated/α-hetero) is 1. The second-order valence-corrected chi connectivity index (χ2v) is 14.0. The third kappa shape index (κ3) is 8.51. The van der Waals surface area contributed by atoms with Crippen molar-refractivity contribution in [1.29, 1.82) is 0 Å². The summed E-state index contributed by atoms with van der Waals surface area (Å²) in [6, 6.07) is 4.43. The lowest BCUT2D eigenvalue weighted by atomic mass is 10.0. The van der Waals surface area contributed by atoms with Crippen LogP contribution in [0, 0.1) is 5.92 Å². The van der Waals surface area contributed by atoms with Gasteiger partial charge in [0.05, 0.1) is 25.8 Å². The fourth-order valence-electron chi connectivity index (χ4n) is 7.55. The number of aromatic nitrogens is 1. The maximum absolute atomic E-state index is 14.5. The third-order valence-corrected chi connectivity index (χ3v) is 10.4. The van der Waals surface area contributed by atoms with Crippen LogP contribution < -0.4 is 20.1 Å². The van der Waals surface area contributed by atoms with Crippen molar-refractivity contribution in [3.8, 4) is 11.5 Å². The molecule has 2 N–H and O–H groups in total. The number of nitrogens with zero attached hydrogens (tertiary/aromatic N) is 4. The minimum atomic E-state index is -1.26. The number of rotatable bonds is 9. The Hall–Kier alpha value is -5.30. The summed E-state index contributed by atoms with van der Waals surface area (Å²) in [5.41, 5.74) is 8.05. The quantitative estimate of drug-likeness (QED) is 0.0947. The zero-order valence-electron chi connectivity index (χ0n) is 30.1. The van der Waals surface area contributed by atoms with E-state index in [0.29, 0.717) is 35.9 Å². The Morgan fingerprint density at radius 2 is 1.89 bits per heavy atom. The Morgan fingerprint density at radius 3 is 2.64 bits per heavy atom. The second kappa shape index (κ2) is 16.6. The molecule has 15 nitrogen and oxygen atoms in total. The number of allylic oxidation sites excluding steroid dienone is 1. The molecule has 2 aliphatic heterocycles. The van der Waals surface area contributed by atoms with E-state index in [9.17, 15) is 24.0 Å². The van der Waals surface area contributed by atoms with Crippen LogP contribution in [-0.4, -0.2) is 101 Å². The van der Waals surface area contributed by atoms with Gasteiger partial charge in [-0.3, -0.25) is 14.4 Å². The molecule has 5 atom stereocenters. The first-order chi connectivity index (χ1) is 25.6. The molecule has 1 saturated heterocycles. The summed E-state index contributed by atoms with van der Waals surface area (Å²) in [4.78, 5) is 76.5. The highest BCUT2D eigenvalue weighted by Crippen LogP contribution is 2.46. The zero-order valence-corrected chi connectivity index (χ0v) is 30.1. The van der Waals surface area contributed by atoms with Crippen molar-refractivity contribution in [2.45, 2.75) is 107 Å². The minimum Gasteiger partial charge on any atom is -0.497 e. The molecule has 2 saturated carbocycles. The van der Waals surface area contributed by atoms with E-state index in [0.717, 1.165) is 51.2 Å². The summed E-state index contributed by atoms with van der Waals surface area (Å²) in [6.45, 7) is 1.81. The molecule has 6 rings (SSSR count). The summed E-state index contributed by atoms with van der Waals surface area (Å²) in [5.74, 6) is -1.75. The summed E-state index contributed by atoms with van der Waals surface area (Å²) >= 11 is 0. The van der Waals surface area contributed by atoms with E-state index >= 15 is 0 Å². The van der Waals surface area contributed by atoms with Gasteiger partial charge in [-0.1, -0.05) is 25.0 Å². The average molecular weight is 731 g/mol. The van der Waals surface area contributed by atoms with Gasteiger partial charge in [0, 0.05) is 29.9 Å². The Morgan fingerprint density at radius 1 is 1.09 bits per heavy atom. The average Bonchev–Trinajstić information content (AvgIpc) is 3.41. The number of amides is 3. The van der Waals surface area contributed by atoms with E-state index in [4.69, 9.17) is 24.5 Å². The van der Waals surface area contributed by atoms with Gasteiger partial charge >= 0.3 is 18.3 Å². The largest absolute Gasteiger partial charge is 0.497 e. The van der Waals surface area contributed by atoms with Gasteiger partial charge in [-0.25, -0.2) is 14.6 Å². The molecule has 1 aromatic carbocycles. The Kier molecular flexibility index (Phi) is 11.7. The molecule has 15 heteroatoms. The molecule has 282 valence electrons. The van der Waals surface area contributed by atoms with Crippen LogP contribution in [0.15, 0.2) is 36.4 Å². The smallest absolute Gasteiger partial charge is 0.408 e. The molecule has 53 heavy (non-hydrogen) atoms. The van der Waals surface area contributed by atoms with Crippen molar-refractivity contribution >= 4 is 46.8 Å². The molecule has 0 unspecified atom stereocenters. The van der Waals surface area contributed by atoms with Crippen LogP contribution in [0.3, 0.4) is 0 Å². The molecule has 1 aromatic heterocycles. The molecule has 2 aromatic rings. The molecule has 3 amide bonds. The van der Waals surface area contributed by atoms with E-state index in [1.807, 2.05) is 12.2 Å². The van der Waals surface area contributed by atoms with Crippen molar-refractivity contribution in [2.24, 2.45) is 5.92 Å². The van der Waals surface area contributed by atoms with E-state index in [1.54, 1.807) is 25.1 Å². The van der Waals surface area contributed by atoms with Gasteiger partial charge in [0.1, 0.15) is 47.0 Å². The number of hydrogen-bond donors (Lipinski definition) is 2. The number of ether oxygens (including phenoxy) is 4. The van der Waals surface area contributed by atoms with Crippen molar-refractivity contribution in [1.82, 2.24) is 20.5 Å². The van der Waals surface area contributed by atoms with Gasteiger partial charge in [0.25, 0.3) is 5.78 Å². The van der Waals surface area contributed by atoms with Gasteiger partial charge in [-0.05, 0) is 70.4 Å². The van der Waals surface area contributed by atoms with Crippen LogP contribution in [0.1, 0.15) is 88.0 Å². The Balaban J connectivity index is 1.33. The first-order valence-corrected chi connectivity index (χ1v) is 18.5. The summed E-state index contributed by atoms with van der Waals surface area (Å²) in [6.07, 6.45) is 10.3. The highest BCUT2D eigenvalue weighted by atomic mass is 16.6. The van der Waals surface area contributed by atoms with Crippen molar-refractivity contribution < 1.29 is 47.7 Å². The van der Waals surface area contributed by atoms with Crippen LogP contribution in [0.5, 0.6) is 11.5 Å². The van der Waals surface area contributed by atoms with Crippen LogP contribution in [0.25, 0.3) is 16.4 Å². The normalized spacial score (nSPS) is 26.8. The number of methoxy groups -OCH3 is 1. The summed E-state index contributed by atoms with van der Waals surface area (Å²) in [5, 5.41) is 6.29. The van der Waals surface area contributed by atoms with Crippen LogP contribution in [-0.2, 0) is 23.9 Å². The van der Waals surface area contributed by atoms with Gasteiger partial charge in [-0.2, -0.15) is 4.79 Å². The van der Waals surface area contributed by atoms with Gasteiger partial charge in [-0.15, -0.1) is 0 Å². The number of fused-ring (bicyclic) bond motifs is 3. The molecule has 3 heterocycles. The number of hydrogen-bond acceptors (Lipinski definition) is 10. The number of pyridine rings is 1. The number of nitrogens with one attached hydrogen (secondary N) is 2. The first-order valence-electron chi connectivity index (χ1n) is 18.5. The Bertz CT molecular complexity index is 1820. The molecular weight excluding hydrogens is 684 g/mol. The van der Waals surface area contributed by atoms with E-state index in [2.05, 4.69) is 20.4 Å². The van der Waals surface area contributed by atoms with Crippen molar-refractivity contribution in [2.75, 3.05) is 20.3 Å². The lowest BCUT2D eigenvalue weighted by molar-refractivity contribution is -0.150. The number of alkyl carbamates (subject to hydrolysis) is 1. The summed E-state index contributed by atoms with van der Waals surface area (Å²) < 4.78 is 22.9. The van der Waals surface area contributed by atoms with Crippen molar-refractivity contribution in [3.63, 3.8) is 0 Å². The van der Waals surface area contributed by atoms with Crippen molar-refractivity contribution in [3.05, 3.63) is 47.6 Å². The lowest BCUT2D eigenvalue weighted by Crippen LogP contribution is -2.56. The number of carbonyl (C=O) groups is 5. The molecule has 4 aliphatic rings. The standard InChI is InChI=1S/C38H46N6O9/c1-3-51-36(48)38-20-23(38)11-7-5-4-6-8-14-28(42-37(49)53-24-12-9-10-13-24)35(47)44-22-26(18-31(44)34(46)43-38)52-33-19-30(32(45)21-40-39)41-29-17-25(50-2)15-16-27(29)33/h7,11,15-17,19,21,23-24,26,28,31H,3-6,8-10,12-14,18,20,22H2,1-2H3,(H,42,49)(H,43,46)/b11-7-/t23-,26-,28+,31+,38-/m1/s1. The van der Waals surface area contributed by atoms with E-state index in [-0.39, 0.29) is 43.0 Å². The van der Waals surface area contributed by atoms with Gasteiger partial charge in [0.15, 0.2) is 0 Å². The van der Waals surface area contributed by atoms with Crippen LogP contribution in [0.4, 0.5) is 4.79 Å². The molecule has 3 fully saturated rings. The number of benzene rings is 1. The highest BCUT2D eigenvalue weighted by Gasteiger charge is 2.62. The zero-order chi connectivity index (χ0) is 37.5. The second-order valence-electron chi connectivity index (χ2n) is 14.0. The first kappa shape index (κ1) is 37.5. The number of esters is 1. The predicted molar refractivity (Wildman–Crippen MR) is 190 cm³/mol. The van der Waals surface area contributed by atoms with E-state index < -0.39 is 53.4 Å². The van der Waals surface area contributed by atoms with E-state index in [1.165, 1.54) is 18.1 Å². The molecule has 0 radical (unpaired) electrons. The Labute approximate surface area is 307 Å².